The highest BCUT2D eigenvalue weighted by Gasteiger charge is 2.31. The Kier molecular flexibility index (Phi) is 4.24. The molecule has 0 atom stereocenters. The van der Waals surface area contributed by atoms with Crippen LogP contribution in [0.3, 0.4) is 0 Å². The Morgan fingerprint density at radius 2 is 1.54 bits per heavy atom. The normalized spacial score (nSPS) is 12.5. The summed E-state index contributed by atoms with van der Waals surface area (Å²) in [6.07, 6.45) is 0. The molecule has 0 spiro atoms. The molecule has 24 heavy (non-hydrogen) atoms. The molecule has 0 fully saturated rings. The first-order valence-corrected chi connectivity index (χ1v) is 7.78. The number of halogens is 2. The molecule has 0 N–H and O–H groups in total. The van der Waals surface area contributed by atoms with E-state index in [-0.39, 0.29) is 16.3 Å². The summed E-state index contributed by atoms with van der Waals surface area (Å²) in [4.78, 5) is 12.6. The smallest absolute Gasteiger partial charge is 0.347 e. The summed E-state index contributed by atoms with van der Waals surface area (Å²) in [5, 5.41) is 0.484. The number of hydrogen-bond acceptors (Lipinski definition) is 5. The highest BCUT2D eigenvalue weighted by molar-refractivity contribution is 6.34. The van der Waals surface area contributed by atoms with E-state index in [1.54, 1.807) is 26.0 Å². The summed E-state index contributed by atoms with van der Waals surface area (Å²) in [7, 11) is 2.97. The van der Waals surface area contributed by atoms with Crippen molar-refractivity contribution >= 4 is 29.2 Å². The van der Waals surface area contributed by atoms with Gasteiger partial charge in [0.25, 0.3) is 0 Å². The molecule has 2 aromatic rings. The summed E-state index contributed by atoms with van der Waals surface area (Å²) in [6, 6.07) is 3.26. The molecule has 3 rings (SSSR count). The molecule has 0 unspecified atom stereocenters. The van der Waals surface area contributed by atoms with E-state index in [2.05, 4.69) is 0 Å². The predicted molar refractivity (Wildman–Crippen MR) is 90.5 cm³/mol. The minimum Gasteiger partial charge on any atom is -0.495 e. The van der Waals surface area contributed by atoms with Gasteiger partial charge in [-0.3, -0.25) is 0 Å². The molecule has 2 aromatic carbocycles. The summed E-state index contributed by atoms with van der Waals surface area (Å²) in [5.41, 5.74) is 1.44. The Morgan fingerprint density at radius 3 is 2.17 bits per heavy atom. The Morgan fingerprint density at radius 1 is 0.917 bits per heavy atom. The zero-order chi connectivity index (χ0) is 17.6. The number of benzene rings is 2. The molecule has 1 aliphatic rings. The Bertz CT molecular complexity index is 861. The van der Waals surface area contributed by atoms with Crippen LogP contribution in [0.15, 0.2) is 12.1 Å². The number of hydrogen-bond donors (Lipinski definition) is 0. The van der Waals surface area contributed by atoms with E-state index in [0.717, 1.165) is 0 Å². The van der Waals surface area contributed by atoms with Gasteiger partial charge in [-0.1, -0.05) is 23.2 Å². The van der Waals surface area contributed by atoms with Gasteiger partial charge in [0.2, 0.25) is 0 Å². The fourth-order valence-electron chi connectivity index (χ4n) is 2.55. The number of methoxy groups -OCH3 is 2. The van der Waals surface area contributed by atoms with Crippen molar-refractivity contribution in [1.82, 2.24) is 0 Å². The second-order valence-electron chi connectivity index (χ2n) is 5.25. The van der Waals surface area contributed by atoms with Gasteiger partial charge < -0.3 is 18.9 Å². The lowest BCUT2D eigenvalue weighted by Crippen LogP contribution is -2.10. The van der Waals surface area contributed by atoms with Crippen molar-refractivity contribution in [3.05, 3.63) is 38.9 Å². The Hall–Kier alpha value is -2.11. The van der Waals surface area contributed by atoms with Crippen LogP contribution in [0.25, 0.3) is 0 Å². The van der Waals surface area contributed by atoms with Gasteiger partial charge in [0, 0.05) is 6.07 Å². The lowest BCUT2D eigenvalue weighted by atomic mass is 10.1. The third-order valence-corrected chi connectivity index (χ3v) is 4.64. The van der Waals surface area contributed by atoms with Crippen LogP contribution < -0.4 is 18.9 Å². The first-order valence-electron chi connectivity index (χ1n) is 7.03. The number of ether oxygens (including phenoxy) is 4. The molecule has 0 saturated carbocycles. The fraction of sp³-hybridized carbons (Fsp3) is 0.235. The molecule has 0 amide bonds. The van der Waals surface area contributed by atoms with Crippen molar-refractivity contribution in [2.24, 2.45) is 0 Å². The predicted octanol–water partition coefficient (Wildman–Crippen LogP) is 4.95. The van der Waals surface area contributed by atoms with Gasteiger partial charge in [-0.25, -0.2) is 4.79 Å². The van der Waals surface area contributed by atoms with Gasteiger partial charge in [0.05, 0.1) is 19.2 Å². The minimum atomic E-state index is -0.611. The van der Waals surface area contributed by atoms with Gasteiger partial charge >= 0.3 is 5.97 Å². The van der Waals surface area contributed by atoms with E-state index in [4.69, 9.17) is 42.1 Å². The van der Waals surface area contributed by atoms with Crippen molar-refractivity contribution in [3.63, 3.8) is 0 Å². The molecule has 0 aromatic heterocycles. The van der Waals surface area contributed by atoms with Gasteiger partial charge in [0.1, 0.15) is 27.8 Å². The summed E-state index contributed by atoms with van der Waals surface area (Å²) in [5.74, 6) is 0.937. The molecular weight excluding hydrogens is 355 g/mol. The molecule has 0 radical (unpaired) electrons. The zero-order valence-electron chi connectivity index (χ0n) is 13.5. The molecular formula is C17H14Cl2O5. The maximum absolute atomic E-state index is 12.6. The average molecular weight is 369 g/mol. The first kappa shape index (κ1) is 16.7. The van der Waals surface area contributed by atoms with Crippen molar-refractivity contribution in [2.75, 3.05) is 14.2 Å². The van der Waals surface area contributed by atoms with Crippen molar-refractivity contribution in [2.45, 2.75) is 13.8 Å². The second kappa shape index (κ2) is 6.07. The summed E-state index contributed by atoms with van der Waals surface area (Å²) < 4.78 is 21.8. The number of fused-ring (bicyclic) bond motifs is 2. The van der Waals surface area contributed by atoms with E-state index in [9.17, 15) is 4.79 Å². The lowest BCUT2D eigenvalue weighted by molar-refractivity contribution is 0.0736. The highest BCUT2D eigenvalue weighted by atomic mass is 35.5. The molecule has 5 nitrogen and oxygen atoms in total. The molecule has 1 aliphatic heterocycles. The van der Waals surface area contributed by atoms with Crippen molar-refractivity contribution in [3.8, 4) is 28.7 Å². The van der Waals surface area contributed by atoms with Crippen molar-refractivity contribution in [1.29, 1.82) is 0 Å². The van der Waals surface area contributed by atoms with E-state index in [0.29, 0.717) is 39.1 Å². The number of esters is 1. The SMILES string of the molecule is COc1cc2c(c(C)c1Cl)C(=O)Oc1c(Cl)c(OC)cc(C)c1O2. The van der Waals surface area contributed by atoms with Crippen LogP contribution in [-0.4, -0.2) is 20.2 Å². The van der Waals surface area contributed by atoms with E-state index >= 15 is 0 Å². The zero-order valence-corrected chi connectivity index (χ0v) is 15.0. The number of rotatable bonds is 2. The third-order valence-electron chi connectivity index (χ3n) is 3.81. The monoisotopic (exact) mass is 368 g/mol. The number of carbonyl (C=O) groups is 1. The molecule has 7 heteroatoms. The van der Waals surface area contributed by atoms with E-state index in [1.807, 2.05) is 0 Å². The lowest BCUT2D eigenvalue weighted by Gasteiger charge is -2.14. The minimum absolute atomic E-state index is 0.115. The first-order chi connectivity index (χ1) is 11.4. The van der Waals surface area contributed by atoms with E-state index < -0.39 is 5.97 Å². The van der Waals surface area contributed by atoms with Gasteiger partial charge in [-0.05, 0) is 31.0 Å². The molecule has 126 valence electrons. The van der Waals surface area contributed by atoms with Crippen LogP contribution in [0.4, 0.5) is 0 Å². The van der Waals surface area contributed by atoms with E-state index in [1.165, 1.54) is 14.2 Å². The molecule has 0 saturated heterocycles. The van der Waals surface area contributed by atoms with Crippen LogP contribution in [-0.2, 0) is 0 Å². The largest absolute Gasteiger partial charge is 0.495 e. The third kappa shape index (κ3) is 2.44. The van der Waals surface area contributed by atoms with Crippen LogP contribution in [0.1, 0.15) is 21.5 Å². The Balaban J connectivity index is 2.28. The maximum atomic E-state index is 12.6. The summed E-state index contributed by atoms with van der Waals surface area (Å²) in [6.45, 7) is 3.50. The van der Waals surface area contributed by atoms with Gasteiger partial charge in [-0.2, -0.15) is 0 Å². The fourth-order valence-corrected chi connectivity index (χ4v) is 3.04. The molecule has 0 aliphatic carbocycles. The quantitative estimate of drug-likeness (QED) is 0.554. The number of aryl methyl sites for hydroxylation is 1. The highest BCUT2D eigenvalue weighted by Crippen LogP contribution is 2.50. The van der Waals surface area contributed by atoms with Crippen LogP contribution in [0.5, 0.6) is 28.7 Å². The average Bonchev–Trinajstić information content (AvgIpc) is 2.71. The summed E-state index contributed by atoms with van der Waals surface area (Å²) >= 11 is 12.5. The van der Waals surface area contributed by atoms with Crippen LogP contribution in [0, 0.1) is 13.8 Å². The molecule has 1 heterocycles. The Labute approximate surface area is 149 Å². The van der Waals surface area contributed by atoms with Gasteiger partial charge in [-0.15, -0.1) is 0 Å². The van der Waals surface area contributed by atoms with Crippen LogP contribution >= 0.6 is 23.2 Å². The topological polar surface area (TPSA) is 54.0 Å². The number of carbonyl (C=O) groups excluding carboxylic acids is 1. The standard InChI is InChI=1S/C17H14Cl2O5/c1-7-5-10(21-3)14(19)16-15(7)23-9-6-11(22-4)13(18)8(2)12(9)17(20)24-16/h5-6H,1-4H3. The van der Waals surface area contributed by atoms with Gasteiger partial charge in [0.15, 0.2) is 11.5 Å². The molecule has 0 bridgehead atoms. The van der Waals surface area contributed by atoms with Crippen LogP contribution in [0.2, 0.25) is 10.0 Å². The second-order valence-corrected chi connectivity index (χ2v) is 6.01. The van der Waals surface area contributed by atoms with Crippen molar-refractivity contribution < 1.29 is 23.7 Å². The maximum Gasteiger partial charge on any atom is 0.347 e.